The van der Waals surface area contributed by atoms with Crippen molar-refractivity contribution in [3.8, 4) is 0 Å². The molecule has 1 saturated carbocycles. The summed E-state index contributed by atoms with van der Waals surface area (Å²) in [6.07, 6.45) is 1.72. The van der Waals surface area contributed by atoms with Crippen molar-refractivity contribution in [3.63, 3.8) is 0 Å². The van der Waals surface area contributed by atoms with Crippen molar-refractivity contribution in [1.82, 2.24) is 4.31 Å². The second-order valence-electron chi connectivity index (χ2n) is 6.61. The molecule has 0 saturated heterocycles. The lowest BCUT2D eigenvalue weighted by atomic mass is 10.1. The van der Waals surface area contributed by atoms with E-state index >= 15 is 0 Å². The molecule has 0 spiro atoms. The summed E-state index contributed by atoms with van der Waals surface area (Å²) in [7, 11) is -3.69. The zero-order valence-electron chi connectivity index (χ0n) is 14.4. The second kappa shape index (κ2) is 6.61. The molecule has 0 atom stereocenters. The summed E-state index contributed by atoms with van der Waals surface area (Å²) in [5, 5.41) is 0. The third kappa shape index (κ3) is 3.75. The predicted molar refractivity (Wildman–Crippen MR) is 96.6 cm³/mol. The zero-order chi connectivity index (χ0) is 18.2. The monoisotopic (exact) mass is 358 g/mol. The highest BCUT2D eigenvalue weighted by Gasteiger charge is 2.38. The SMILES string of the molecule is Cc1ccc(CN(C2CC2)S(=O)(=O)c2ccc(C)c(C(N)=O)c2)cc1. The summed E-state index contributed by atoms with van der Waals surface area (Å²) in [6, 6.07) is 12.4. The van der Waals surface area contributed by atoms with Gasteiger partial charge < -0.3 is 5.73 Å². The molecule has 0 unspecified atom stereocenters. The third-order valence-corrected chi connectivity index (χ3v) is 6.39. The van der Waals surface area contributed by atoms with Crippen LogP contribution in [0.4, 0.5) is 0 Å². The molecule has 6 heteroatoms. The third-order valence-electron chi connectivity index (χ3n) is 4.49. The summed E-state index contributed by atoms with van der Waals surface area (Å²) in [6.45, 7) is 4.06. The number of carbonyl (C=O) groups excluding carboxylic acids is 1. The van der Waals surface area contributed by atoms with Crippen LogP contribution in [0, 0.1) is 13.8 Å². The number of carbonyl (C=O) groups is 1. The van der Waals surface area contributed by atoms with Gasteiger partial charge in [-0.25, -0.2) is 8.42 Å². The van der Waals surface area contributed by atoms with Gasteiger partial charge in [-0.1, -0.05) is 35.9 Å². The molecule has 0 aliphatic heterocycles. The average Bonchev–Trinajstić information content (AvgIpc) is 3.38. The van der Waals surface area contributed by atoms with Crippen molar-refractivity contribution in [1.29, 1.82) is 0 Å². The summed E-state index contributed by atoms with van der Waals surface area (Å²) in [5.41, 5.74) is 8.36. The van der Waals surface area contributed by atoms with Crippen LogP contribution in [-0.4, -0.2) is 24.7 Å². The molecule has 0 aromatic heterocycles. The van der Waals surface area contributed by atoms with E-state index in [1.807, 2.05) is 31.2 Å². The molecule has 2 aromatic carbocycles. The topological polar surface area (TPSA) is 80.5 Å². The van der Waals surface area contributed by atoms with Gasteiger partial charge in [0.25, 0.3) is 0 Å². The number of hydrogen-bond donors (Lipinski definition) is 1. The molecule has 1 aliphatic carbocycles. The first kappa shape index (κ1) is 17.6. The van der Waals surface area contributed by atoms with Gasteiger partial charge in [-0.05, 0) is 49.9 Å². The Morgan fingerprint density at radius 2 is 1.76 bits per heavy atom. The van der Waals surface area contributed by atoms with Crippen LogP contribution < -0.4 is 5.73 Å². The zero-order valence-corrected chi connectivity index (χ0v) is 15.2. The minimum Gasteiger partial charge on any atom is -0.366 e. The van der Waals surface area contributed by atoms with Gasteiger partial charge in [0, 0.05) is 18.2 Å². The Kier molecular flexibility index (Phi) is 4.67. The van der Waals surface area contributed by atoms with E-state index < -0.39 is 15.9 Å². The average molecular weight is 358 g/mol. The van der Waals surface area contributed by atoms with Crippen LogP contribution in [0.15, 0.2) is 47.4 Å². The van der Waals surface area contributed by atoms with Gasteiger partial charge in [0.2, 0.25) is 15.9 Å². The highest BCUT2D eigenvalue weighted by molar-refractivity contribution is 7.89. The molecule has 0 heterocycles. The van der Waals surface area contributed by atoms with Gasteiger partial charge in [0.1, 0.15) is 0 Å². The normalized spacial score (nSPS) is 14.7. The van der Waals surface area contributed by atoms with E-state index in [1.54, 1.807) is 19.1 Å². The second-order valence-corrected chi connectivity index (χ2v) is 8.50. The van der Waals surface area contributed by atoms with E-state index in [9.17, 15) is 13.2 Å². The van der Waals surface area contributed by atoms with Crippen LogP contribution in [0.3, 0.4) is 0 Å². The van der Waals surface area contributed by atoms with Crippen LogP contribution in [-0.2, 0) is 16.6 Å². The molecule has 25 heavy (non-hydrogen) atoms. The summed E-state index contributed by atoms with van der Waals surface area (Å²) < 4.78 is 27.8. The van der Waals surface area contributed by atoms with E-state index in [0.29, 0.717) is 12.1 Å². The van der Waals surface area contributed by atoms with Gasteiger partial charge in [-0.15, -0.1) is 0 Å². The van der Waals surface area contributed by atoms with Gasteiger partial charge in [0.05, 0.1) is 4.90 Å². The Labute approximate surface area is 148 Å². The van der Waals surface area contributed by atoms with Crippen molar-refractivity contribution >= 4 is 15.9 Å². The highest BCUT2D eigenvalue weighted by atomic mass is 32.2. The van der Waals surface area contributed by atoms with Crippen LogP contribution in [0.25, 0.3) is 0 Å². The van der Waals surface area contributed by atoms with Crippen molar-refractivity contribution in [3.05, 3.63) is 64.7 Å². The highest BCUT2D eigenvalue weighted by Crippen LogP contribution is 2.34. The molecular weight excluding hydrogens is 336 g/mol. The van der Waals surface area contributed by atoms with E-state index in [0.717, 1.165) is 24.0 Å². The first-order valence-electron chi connectivity index (χ1n) is 8.27. The molecule has 0 bridgehead atoms. The Morgan fingerprint density at radius 3 is 2.32 bits per heavy atom. The van der Waals surface area contributed by atoms with Gasteiger partial charge >= 0.3 is 0 Å². The summed E-state index contributed by atoms with van der Waals surface area (Å²) >= 11 is 0. The Morgan fingerprint density at radius 1 is 1.12 bits per heavy atom. The minimum atomic E-state index is -3.69. The molecule has 1 amide bonds. The molecule has 0 radical (unpaired) electrons. The van der Waals surface area contributed by atoms with Crippen LogP contribution in [0.1, 0.15) is 39.9 Å². The molecule has 1 aliphatic rings. The molecular formula is C19H22N2O3S. The fraction of sp³-hybridized carbons (Fsp3) is 0.316. The van der Waals surface area contributed by atoms with Gasteiger partial charge in [0.15, 0.2) is 0 Å². The van der Waals surface area contributed by atoms with Crippen molar-refractivity contribution in [2.24, 2.45) is 5.73 Å². The van der Waals surface area contributed by atoms with Crippen molar-refractivity contribution in [2.75, 3.05) is 0 Å². The smallest absolute Gasteiger partial charge is 0.249 e. The van der Waals surface area contributed by atoms with Gasteiger partial charge in [-0.2, -0.15) is 4.31 Å². The van der Waals surface area contributed by atoms with Crippen LogP contribution >= 0.6 is 0 Å². The Balaban J connectivity index is 1.96. The number of nitrogens with two attached hydrogens (primary N) is 1. The first-order valence-corrected chi connectivity index (χ1v) is 9.71. The molecule has 5 nitrogen and oxygen atoms in total. The molecule has 2 aromatic rings. The Bertz CT molecular complexity index is 901. The van der Waals surface area contributed by atoms with E-state index in [1.165, 1.54) is 10.4 Å². The number of aryl methyl sites for hydroxylation is 2. The lowest BCUT2D eigenvalue weighted by Crippen LogP contribution is -2.33. The number of primary amides is 1. The summed E-state index contributed by atoms with van der Waals surface area (Å²) in [5.74, 6) is -0.619. The summed E-state index contributed by atoms with van der Waals surface area (Å²) in [4.78, 5) is 11.7. The largest absolute Gasteiger partial charge is 0.366 e. The number of amides is 1. The number of rotatable bonds is 6. The molecule has 1 fully saturated rings. The number of benzene rings is 2. The Hall–Kier alpha value is -2.18. The molecule has 2 N–H and O–H groups in total. The number of nitrogens with zero attached hydrogens (tertiary/aromatic N) is 1. The van der Waals surface area contributed by atoms with Crippen molar-refractivity contribution < 1.29 is 13.2 Å². The maximum atomic E-state index is 13.1. The number of sulfonamides is 1. The van der Waals surface area contributed by atoms with Crippen LogP contribution in [0.5, 0.6) is 0 Å². The molecule has 132 valence electrons. The maximum Gasteiger partial charge on any atom is 0.249 e. The number of hydrogen-bond acceptors (Lipinski definition) is 3. The molecule has 3 rings (SSSR count). The van der Waals surface area contributed by atoms with Crippen LogP contribution in [0.2, 0.25) is 0 Å². The van der Waals surface area contributed by atoms with Gasteiger partial charge in [-0.3, -0.25) is 4.79 Å². The fourth-order valence-corrected chi connectivity index (χ4v) is 4.51. The fourth-order valence-electron chi connectivity index (χ4n) is 2.81. The lowest BCUT2D eigenvalue weighted by Gasteiger charge is -2.22. The van der Waals surface area contributed by atoms with Crippen molar-refractivity contribution in [2.45, 2.75) is 44.2 Å². The lowest BCUT2D eigenvalue weighted by molar-refractivity contribution is 0.0999. The minimum absolute atomic E-state index is 0.0182. The van der Waals surface area contributed by atoms with E-state index in [-0.39, 0.29) is 16.5 Å². The maximum absolute atomic E-state index is 13.1. The first-order chi connectivity index (χ1) is 11.8. The standard InChI is InChI=1S/C19H22N2O3S/c1-13-3-6-15(7-4-13)12-21(16-8-9-16)25(23,24)17-10-5-14(2)18(11-17)19(20)22/h3-7,10-11,16H,8-9,12H2,1-2H3,(H2,20,22). The van der Waals surface area contributed by atoms with E-state index in [4.69, 9.17) is 5.73 Å². The quantitative estimate of drug-likeness (QED) is 0.862. The van der Waals surface area contributed by atoms with E-state index in [2.05, 4.69) is 0 Å². The predicted octanol–water partition coefficient (Wildman–Crippen LogP) is 2.76.